The zero-order valence-corrected chi connectivity index (χ0v) is 12.2. The molecule has 0 radical (unpaired) electrons. The van der Waals surface area contributed by atoms with E-state index in [9.17, 15) is 4.79 Å². The van der Waals surface area contributed by atoms with Gasteiger partial charge in [-0.25, -0.2) is 0 Å². The molecular formula is C18H17NO2. The molecule has 2 heterocycles. The van der Waals surface area contributed by atoms with E-state index in [1.54, 1.807) is 4.90 Å². The van der Waals surface area contributed by atoms with Gasteiger partial charge in [-0.3, -0.25) is 4.79 Å². The molecule has 2 atom stereocenters. The molecule has 3 nitrogen and oxygen atoms in total. The van der Waals surface area contributed by atoms with E-state index in [2.05, 4.69) is 12.1 Å². The average Bonchev–Trinajstić information content (AvgIpc) is 2.68. The van der Waals surface area contributed by atoms with Gasteiger partial charge in [0.1, 0.15) is 0 Å². The minimum atomic E-state index is -0.804. The predicted octanol–water partition coefficient (Wildman–Crippen LogP) is 2.69. The van der Waals surface area contributed by atoms with Gasteiger partial charge >= 0.3 is 0 Å². The molecule has 0 saturated carbocycles. The van der Waals surface area contributed by atoms with Crippen LogP contribution in [0.3, 0.4) is 0 Å². The SMILES string of the molecule is CN1C(=O)C2(C)Cc3ccccc3C1(c1ccccc1)O2. The van der Waals surface area contributed by atoms with Crippen molar-refractivity contribution in [3.63, 3.8) is 0 Å². The maximum atomic E-state index is 12.8. The molecule has 3 heteroatoms. The summed E-state index contributed by atoms with van der Waals surface area (Å²) in [6.07, 6.45) is 0.626. The third-order valence-corrected chi connectivity index (χ3v) is 4.68. The fourth-order valence-corrected chi connectivity index (χ4v) is 3.72. The van der Waals surface area contributed by atoms with Crippen LogP contribution in [-0.2, 0) is 21.7 Å². The van der Waals surface area contributed by atoms with Crippen LogP contribution in [0.5, 0.6) is 0 Å². The highest BCUT2D eigenvalue weighted by atomic mass is 16.6. The smallest absolute Gasteiger partial charge is 0.257 e. The highest BCUT2D eigenvalue weighted by Crippen LogP contribution is 2.52. The Kier molecular flexibility index (Phi) is 2.37. The Balaban J connectivity index is 2.06. The number of fused-ring (bicyclic) bond motifs is 4. The Bertz CT molecular complexity index is 727. The minimum absolute atomic E-state index is 0.0440. The van der Waals surface area contributed by atoms with Crippen molar-refractivity contribution in [2.24, 2.45) is 0 Å². The molecule has 4 rings (SSSR count). The van der Waals surface area contributed by atoms with Gasteiger partial charge in [0.2, 0.25) is 0 Å². The summed E-state index contributed by atoms with van der Waals surface area (Å²) in [5.41, 5.74) is 1.67. The summed E-state index contributed by atoms with van der Waals surface area (Å²) in [7, 11) is 1.84. The number of amides is 1. The molecule has 2 bridgehead atoms. The number of hydrogen-bond donors (Lipinski definition) is 0. The summed E-state index contributed by atoms with van der Waals surface area (Å²) in [5, 5.41) is 0. The van der Waals surface area contributed by atoms with Crippen LogP contribution in [0.4, 0.5) is 0 Å². The summed E-state index contributed by atoms with van der Waals surface area (Å²) in [5.74, 6) is 0.0440. The second-order valence-corrected chi connectivity index (χ2v) is 6.04. The average molecular weight is 279 g/mol. The van der Waals surface area contributed by atoms with Crippen LogP contribution in [0, 0.1) is 0 Å². The van der Waals surface area contributed by atoms with E-state index in [0.29, 0.717) is 6.42 Å². The predicted molar refractivity (Wildman–Crippen MR) is 79.6 cm³/mol. The Morgan fingerprint density at radius 3 is 2.48 bits per heavy atom. The molecule has 2 aliphatic heterocycles. The van der Waals surface area contributed by atoms with Crippen molar-refractivity contribution >= 4 is 5.91 Å². The van der Waals surface area contributed by atoms with Crippen LogP contribution in [-0.4, -0.2) is 23.5 Å². The monoisotopic (exact) mass is 279 g/mol. The van der Waals surface area contributed by atoms with Gasteiger partial charge in [0.05, 0.1) is 0 Å². The molecular weight excluding hydrogens is 262 g/mol. The Morgan fingerprint density at radius 1 is 1.05 bits per heavy atom. The molecule has 106 valence electrons. The number of likely N-dealkylation sites (N-methyl/N-ethyl adjacent to an activating group) is 1. The third kappa shape index (κ3) is 1.44. The quantitative estimate of drug-likeness (QED) is 0.803. The van der Waals surface area contributed by atoms with Crippen LogP contribution >= 0.6 is 0 Å². The summed E-state index contributed by atoms with van der Waals surface area (Å²) >= 11 is 0. The minimum Gasteiger partial charge on any atom is -0.331 e. The standard InChI is InChI=1S/C18H17NO2/c1-17-12-13-8-6-7-11-15(13)18(21-17,19(2)16(17)20)14-9-4-3-5-10-14/h3-11H,12H2,1-2H3. The first kappa shape index (κ1) is 12.6. The number of ether oxygens (including phenoxy) is 1. The number of rotatable bonds is 1. The molecule has 21 heavy (non-hydrogen) atoms. The molecule has 0 aliphatic carbocycles. The third-order valence-electron chi connectivity index (χ3n) is 4.68. The van der Waals surface area contributed by atoms with E-state index in [4.69, 9.17) is 4.74 Å². The van der Waals surface area contributed by atoms with Crippen molar-refractivity contribution in [1.82, 2.24) is 4.90 Å². The number of carbonyl (C=O) groups is 1. The molecule has 1 fully saturated rings. The lowest BCUT2D eigenvalue weighted by atomic mass is 9.84. The lowest BCUT2D eigenvalue weighted by Gasteiger charge is -2.40. The van der Waals surface area contributed by atoms with Gasteiger partial charge in [0.15, 0.2) is 11.3 Å². The van der Waals surface area contributed by atoms with Crippen molar-refractivity contribution in [2.45, 2.75) is 24.7 Å². The van der Waals surface area contributed by atoms with Gasteiger partial charge in [-0.1, -0.05) is 54.6 Å². The summed E-state index contributed by atoms with van der Waals surface area (Å²) in [6, 6.07) is 18.2. The molecule has 1 saturated heterocycles. The molecule has 0 N–H and O–H groups in total. The Labute approximate surface area is 124 Å². The fourth-order valence-electron chi connectivity index (χ4n) is 3.72. The normalized spacial score (nSPS) is 30.4. The van der Waals surface area contributed by atoms with Gasteiger partial charge in [-0.05, 0) is 12.5 Å². The summed E-state index contributed by atoms with van der Waals surface area (Å²) in [4.78, 5) is 14.5. The van der Waals surface area contributed by atoms with Crippen molar-refractivity contribution < 1.29 is 9.53 Å². The van der Waals surface area contributed by atoms with Gasteiger partial charge in [-0.2, -0.15) is 0 Å². The van der Waals surface area contributed by atoms with Gasteiger partial charge in [0.25, 0.3) is 5.91 Å². The van der Waals surface area contributed by atoms with E-state index in [1.165, 1.54) is 5.56 Å². The van der Waals surface area contributed by atoms with Crippen molar-refractivity contribution in [2.75, 3.05) is 7.05 Å². The molecule has 1 amide bonds. The zero-order chi connectivity index (χ0) is 14.7. The lowest BCUT2D eigenvalue weighted by Crippen LogP contribution is -2.44. The second-order valence-electron chi connectivity index (χ2n) is 6.04. The van der Waals surface area contributed by atoms with Crippen LogP contribution in [0.1, 0.15) is 23.6 Å². The second kappa shape index (κ2) is 3.95. The summed E-state index contributed by atoms with van der Waals surface area (Å²) < 4.78 is 6.39. The van der Waals surface area contributed by atoms with Crippen LogP contribution < -0.4 is 0 Å². The topological polar surface area (TPSA) is 29.5 Å². The molecule has 2 aliphatic rings. The van der Waals surface area contributed by atoms with Crippen LogP contribution in [0.25, 0.3) is 0 Å². The molecule has 2 aromatic carbocycles. The van der Waals surface area contributed by atoms with Crippen molar-refractivity contribution in [3.8, 4) is 0 Å². The first-order chi connectivity index (χ1) is 10.1. The maximum absolute atomic E-state index is 12.8. The van der Waals surface area contributed by atoms with E-state index < -0.39 is 11.3 Å². The Hall–Kier alpha value is -2.13. The van der Waals surface area contributed by atoms with E-state index in [0.717, 1.165) is 11.1 Å². The van der Waals surface area contributed by atoms with Crippen LogP contribution in [0.15, 0.2) is 54.6 Å². The zero-order valence-electron chi connectivity index (χ0n) is 12.2. The lowest BCUT2D eigenvalue weighted by molar-refractivity contribution is -0.137. The molecule has 0 aromatic heterocycles. The van der Waals surface area contributed by atoms with Gasteiger partial charge < -0.3 is 9.64 Å². The van der Waals surface area contributed by atoms with E-state index in [-0.39, 0.29) is 5.91 Å². The first-order valence-corrected chi connectivity index (χ1v) is 7.20. The maximum Gasteiger partial charge on any atom is 0.257 e. The highest BCUT2D eigenvalue weighted by molar-refractivity contribution is 5.89. The van der Waals surface area contributed by atoms with Crippen molar-refractivity contribution in [3.05, 3.63) is 71.3 Å². The largest absolute Gasteiger partial charge is 0.331 e. The Morgan fingerprint density at radius 2 is 1.71 bits per heavy atom. The molecule has 0 spiro atoms. The van der Waals surface area contributed by atoms with Crippen LogP contribution in [0.2, 0.25) is 0 Å². The van der Waals surface area contributed by atoms with E-state index >= 15 is 0 Å². The van der Waals surface area contributed by atoms with Gasteiger partial charge in [-0.15, -0.1) is 0 Å². The fraction of sp³-hybridized carbons (Fsp3) is 0.278. The summed E-state index contributed by atoms with van der Waals surface area (Å²) in [6.45, 7) is 1.90. The van der Waals surface area contributed by atoms with E-state index in [1.807, 2.05) is 56.4 Å². The number of nitrogens with zero attached hydrogens (tertiary/aromatic N) is 1. The molecule has 2 aromatic rings. The number of carbonyl (C=O) groups excluding carboxylic acids is 1. The number of benzene rings is 2. The first-order valence-electron chi connectivity index (χ1n) is 7.20. The highest BCUT2D eigenvalue weighted by Gasteiger charge is 2.62. The molecule has 2 unspecified atom stereocenters. The van der Waals surface area contributed by atoms with Gasteiger partial charge in [0, 0.05) is 24.6 Å². The number of hydrogen-bond acceptors (Lipinski definition) is 2. The van der Waals surface area contributed by atoms with Crippen molar-refractivity contribution in [1.29, 1.82) is 0 Å².